The van der Waals surface area contributed by atoms with E-state index in [1.165, 1.54) is 10.6 Å². The van der Waals surface area contributed by atoms with E-state index in [-0.39, 0.29) is 5.91 Å². The van der Waals surface area contributed by atoms with Gasteiger partial charge in [0.25, 0.3) is 5.91 Å². The summed E-state index contributed by atoms with van der Waals surface area (Å²) in [7, 11) is -0.302. The van der Waals surface area contributed by atoms with Crippen molar-refractivity contribution in [1.82, 2.24) is 4.90 Å². The van der Waals surface area contributed by atoms with Gasteiger partial charge < -0.3 is 25.0 Å². The Labute approximate surface area is 213 Å². The molecule has 0 saturated carbocycles. The fourth-order valence-corrected chi connectivity index (χ4v) is 5.65. The average molecular weight is 515 g/mol. The molecular weight excluding hydrogens is 480 g/mol. The first-order chi connectivity index (χ1) is 17.2. The summed E-state index contributed by atoms with van der Waals surface area (Å²) < 4.78 is 37.2. The van der Waals surface area contributed by atoms with Crippen LogP contribution in [0.15, 0.2) is 42.1 Å². The lowest BCUT2D eigenvalue weighted by atomic mass is 10.0. The molecular formula is C26H34N4O5S. The van der Waals surface area contributed by atoms with Crippen molar-refractivity contribution < 1.29 is 22.7 Å². The number of carbonyl (C=O) groups is 1. The second-order valence-corrected chi connectivity index (χ2v) is 10.9. The molecule has 0 aromatic heterocycles. The van der Waals surface area contributed by atoms with E-state index in [0.717, 1.165) is 42.9 Å². The summed E-state index contributed by atoms with van der Waals surface area (Å²) in [6, 6.07) is 10.8. The largest absolute Gasteiger partial charge is 0.493 e. The number of rotatable bonds is 10. The number of fused-ring (bicyclic) bond motifs is 1. The van der Waals surface area contributed by atoms with Gasteiger partial charge in [0.2, 0.25) is 10.0 Å². The SMILES string of the molecule is CC/C(Nc1ccc(N(CCN2CCCC2)S(C)(=O)=O)cc1)=C1/C(=O)Nc2cc(OC)c(OC)cc21. The molecule has 2 aliphatic heterocycles. The number of anilines is 3. The molecule has 10 heteroatoms. The van der Waals surface area contributed by atoms with Gasteiger partial charge in [-0.2, -0.15) is 0 Å². The molecule has 1 saturated heterocycles. The predicted molar refractivity (Wildman–Crippen MR) is 143 cm³/mol. The molecule has 2 heterocycles. The van der Waals surface area contributed by atoms with E-state index in [4.69, 9.17) is 9.47 Å². The lowest BCUT2D eigenvalue weighted by molar-refractivity contribution is -0.110. The number of sulfonamides is 1. The monoisotopic (exact) mass is 514 g/mol. The van der Waals surface area contributed by atoms with E-state index in [0.29, 0.717) is 48.0 Å². The number of likely N-dealkylation sites (tertiary alicyclic amines) is 1. The summed E-state index contributed by atoms with van der Waals surface area (Å²) in [5.74, 6) is 0.880. The van der Waals surface area contributed by atoms with Crippen LogP contribution >= 0.6 is 0 Å². The van der Waals surface area contributed by atoms with Gasteiger partial charge in [-0.25, -0.2) is 8.42 Å². The zero-order valence-corrected chi connectivity index (χ0v) is 22.1. The van der Waals surface area contributed by atoms with Crippen LogP contribution in [-0.2, 0) is 14.8 Å². The topological polar surface area (TPSA) is 100 Å². The summed E-state index contributed by atoms with van der Waals surface area (Å²) in [6.07, 6.45) is 4.15. The first-order valence-electron chi connectivity index (χ1n) is 12.1. The Morgan fingerprint density at radius 2 is 1.72 bits per heavy atom. The third-order valence-corrected chi connectivity index (χ3v) is 7.79. The van der Waals surface area contributed by atoms with E-state index in [1.54, 1.807) is 38.5 Å². The highest BCUT2D eigenvalue weighted by atomic mass is 32.2. The van der Waals surface area contributed by atoms with E-state index in [1.807, 2.05) is 19.1 Å². The van der Waals surface area contributed by atoms with Crippen LogP contribution in [0.1, 0.15) is 31.7 Å². The Kier molecular flexibility index (Phi) is 7.75. The molecule has 194 valence electrons. The Bertz CT molecular complexity index is 1250. The van der Waals surface area contributed by atoms with E-state index in [9.17, 15) is 13.2 Å². The molecule has 4 rings (SSSR count). The van der Waals surface area contributed by atoms with Crippen LogP contribution < -0.4 is 24.4 Å². The molecule has 0 radical (unpaired) electrons. The van der Waals surface area contributed by atoms with Gasteiger partial charge in [0.15, 0.2) is 11.5 Å². The number of nitrogens with one attached hydrogen (secondary N) is 2. The molecule has 0 atom stereocenters. The summed E-state index contributed by atoms with van der Waals surface area (Å²) in [5.41, 5.74) is 4.08. The minimum absolute atomic E-state index is 0.202. The van der Waals surface area contributed by atoms with Crippen molar-refractivity contribution in [3.8, 4) is 11.5 Å². The number of hydrogen-bond acceptors (Lipinski definition) is 7. The highest BCUT2D eigenvalue weighted by molar-refractivity contribution is 7.92. The van der Waals surface area contributed by atoms with Gasteiger partial charge in [0.1, 0.15) is 0 Å². The number of methoxy groups -OCH3 is 2. The maximum atomic E-state index is 12.9. The maximum Gasteiger partial charge on any atom is 0.258 e. The van der Waals surface area contributed by atoms with Gasteiger partial charge in [-0.05, 0) is 62.7 Å². The van der Waals surface area contributed by atoms with Crippen LogP contribution in [0.5, 0.6) is 11.5 Å². The second-order valence-electron chi connectivity index (χ2n) is 8.97. The Hall–Kier alpha value is -3.24. The van der Waals surface area contributed by atoms with Crippen molar-refractivity contribution in [3.05, 3.63) is 47.7 Å². The molecule has 0 bridgehead atoms. The lowest BCUT2D eigenvalue weighted by Gasteiger charge is -2.25. The Morgan fingerprint density at radius 3 is 2.31 bits per heavy atom. The number of allylic oxidation sites excluding steroid dienone is 1. The summed E-state index contributed by atoms with van der Waals surface area (Å²) in [4.78, 5) is 15.2. The number of ether oxygens (including phenoxy) is 2. The van der Waals surface area contributed by atoms with Gasteiger partial charge in [-0.3, -0.25) is 9.10 Å². The molecule has 1 amide bonds. The van der Waals surface area contributed by atoms with Crippen molar-refractivity contribution in [2.24, 2.45) is 0 Å². The van der Waals surface area contributed by atoms with Crippen molar-refractivity contribution in [1.29, 1.82) is 0 Å². The average Bonchev–Trinajstić information content (AvgIpc) is 3.48. The van der Waals surface area contributed by atoms with Crippen molar-refractivity contribution in [3.63, 3.8) is 0 Å². The van der Waals surface area contributed by atoms with Crippen LogP contribution in [0.25, 0.3) is 5.57 Å². The summed E-state index contributed by atoms with van der Waals surface area (Å²) in [6.45, 7) is 5.13. The third kappa shape index (κ3) is 5.44. The minimum atomic E-state index is -3.41. The molecule has 2 aliphatic rings. The molecule has 0 aliphatic carbocycles. The van der Waals surface area contributed by atoms with Crippen molar-refractivity contribution in [2.45, 2.75) is 26.2 Å². The highest BCUT2D eigenvalue weighted by Crippen LogP contribution is 2.42. The van der Waals surface area contributed by atoms with Crippen molar-refractivity contribution in [2.75, 3.05) is 61.6 Å². The Morgan fingerprint density at radius 1 is 1.08 bits per heavy atom. The van der Waals surface area contributed by atoms with Crippen LogP contribution in [-0.4, -0.2) is 65.9 Å². The minimum Gasteiger partial charge on any atom is -0.493 e. The predicted octanol–water partition coefficient (Wildman–Crippen LogP) is 3.75. The van der Waals surface area contributed by atoms with Crippen LogP contribution in [0.2, 0.25) is 0 Å². The fraction of sp³-hybridized carbons (Fsp3) is 0.423. The lowest BCUT2D eigenvalue weighted by Crippen LogP contribution is -2.37. The molecule has 0 unspecified atom stereocenters. The molecule has 36 heavy (non-hydrogen) atoms. The number of nitrogens with zero attached hydrogens (tertiary/aromatic N) is 2. The van der Waals surface area contributed by atoms with Gasteiger partial charge >= 0.3 is 0 Å². The zero-order valence-electron chi connectivity index (χ0n) is 21.3. The molecule has 0 spiro atoms. The number of carbonyl (C=O) groups excluding carboxylic acids is 1. The highest BCUT2D eigenvalue weighted by Gasteiger charge is 2.29. The molecule has 2 N–H and O–H groups in total. The second kappa shape index (κ2) is 10.8. The quantitative estimate of drug-likeness (QED) is 0.466. The number of amides is 1. The number of benzene rings is 2. The normalized spacial score (nSPS) is 16.9. The Balaban J connectivity index is 1.58. The summed E-state index contributed by atoms with van der Waals surface area (Å²) >= 11 is 0. The molecule has 2 aromatic rings. The summed E-state index contributed by atoms with van der Waals surface area (Å²) in [5, 5.41) is 6.26. The maximum absolute atomic E-state index is 12.9. The van der Waals surface area contributed by atoms with Crippen LogP contribution in [0.3, 0.4) is 0 Å². The fourth-order valence-electron chi connectivity index (χ4n) is 4.73. The zero-order chi connectivity index (χ0) is 25.9. The third-order valence-electron chi connectivity index (χ3n) is 6.59. The standard InChI is InChI=1S/C26H34N4O5S/c1-5-21(25-20-16-23(34-2)24(35-3)17-22(20)28-26(25)31)27-18-8-10-19(11-9-18)30(36(4,32)33)15-14-29-12-6-7-13-29/h8-11,16-17,27H,5-7,12-15H2,1-4H3,(H,28,31)/b25-21-. The number of hydrogen-bond donors (Lipinski definition) is 2. The van der Waals surface area contributed by atoms with E-state index in [2.05, 4.69) is 15.5 Å². The molecule has 9 nitrogen and oxygen atoms in total. The van der Waals surface area contributed by atoms with Gasteiger partial charge in [0.05, 0.1) is 37.4 Å². The van der Waals surface area contributed by atoms with E-state index < -0.39 is 10.0 Å². The van der Waals surface area contributed by atoms with Crippen LogP contribution in [0, 0.1) is 0 Å². The smallest absolute Gasteiger partial charge is 0.258 e. The van der Waals surface area contributed by atoms with E-state index >= 15 is 0 Å². The van der Waals surface area contributed by atoms with Gasteiger partial charge in [-0.15, -0.1) is 0 Å². The van der Waals surface area contributed by atoms with Crippen molar-refractivity contribution >= 4 is 38.6 Å². The first-order valence-corrected chi connectivity index (χ1v) is 14.0. The first kappa shape index (κ1) is 25.8. The van der Waals surface area contributed by atoms with Gasteiger partial charge in [0, 0.05) is 36.1 Å². The van der Waals surface area contributed by atoms with Crippen LogP contribution in [0.4, 0.5) is 17.1 Å². The molecule has 1 fully saturated rings. The van der Waals surface area contributed by atoms with Gasteiger partial charge in [-0.1, -0.05) is 6.92 Å². The molecule has 2 aromatic carbocycles.